The van der Waals surface area contributed by atoms with Gasteiger partial charge in [-0.15, -0.1) is 0 Å². The Morgan fingerprint density at radius 3 is 2.73 bits per heavy atom. The minimum atomic E-state index is -0.0187. The van der Waals surface area contributed by atoms with Gasteiger partial charge < -0.3 is 14.3 Å². The highest BCUT2D eigenvalue weighted by Gasteiger charge is 2.13. The molecule has 0 aromatic heterocycles. The van der Waals surface area contributed by atoms with Crippen LogP contribution in [0.1, 0.15) is 37.5 Å². The molecule has 0 fully saturated rings. The Morgan fingerprint density at radius 2 is 2.04 bits per heavy atom. The highest BCUT2D eigenvalue weighted by Crippen LogP contribution is 2.37. The van der Waals surface area contributed by atoms with Crippen LogP contribution in [0.3, 0.4) is 0 Å². The number of hydrogen-bond donors (Lipinski definition) is 0. The van der Waals surface area contributed by atoms with Crippen molar-refractivity contribution in [1.82, 2.24) is 0 Å². The predicted molar refractivity (Wildman–Crippen MR) is 102 cm³/mol. The number of benzene rings is 2. The average molecular weight is 373 g/mol. The van der Waals surface area contributed by atoms with Crippen LogP contribution in [0.4, 0.5) is 0 Å². The van der Waals surface area contributed by atoms with Gasteiger partial charge in [-0.2, -0.15) is 5.26 Å². The zero-order valence-corrected chi connectivity index (χ0v) is 15.8. The van der Waals surface area contributed by atoms with Crippen LogP contribution in [0.15, 0.2) is 41.6 Å². The lowest BCUT2D eigenvalue weighted by atomic mass is 10.1. The van der Waals surface area contributed by atoms with Crippen LogP contribution in [0.5, 0.6) is 11.5 Å². The summed E-state index contributed by atoms with van der Waals surface area (Å²) < 4.78 is 11.3. The maximum absolute atomic E-state index is 9.07. The first-order chi connectivity index (χ1) is 12.5. The smallest absolute Gasteiger partial charge is 0.180 e. The van der Waals surface area contributed by atoms with Gasteiger partial charge in [-0.25, -0.2) is 0 Å². The zero-order chi connectivity index (χ0) is 18.9. The largest absolute Gasteiger partial charge is 0.490 e. The molecule has 0 N–H and O–H groups in total. The van der Waals surface area contributed by atoms with Crippen molar-refractivity contribution in [3.8, 4) is 17.6 Å². The van der Waals surface area contributed by atoms with Gasteiger partial charge in [0, 0.05) is 11.1 Å². The molecule has 0 spiro atoms. The van der Waals surface area contributed by atoms with Gasteiger partial charge >= 0.3 is 0 Å². The van der Waals surface area contributed by atoms with Crippen molar-refractivity contribution in [3.63, 3.8) is 0 Å². The van der Waals surface area contributed by atoms with E-state index in [9.17, 15) is 0 Å². The molecule has 5 nitrogen and oxygen atoms in total. The van der Waals surface area contributed by atoms with Crippen molar-refractivity contribution < 1.29 is 14.3 Å². The van der Waals surface area contributed by atoms with Gasteiger partial charge in [0.1, 0.15) is 6.61 Å². The minimum absolute atomic E-state index is 0.0187. The van der Waals surface area contributed by atoms with Gasteiger partial charge in [-0.3, -0.25) is 0 Å². The molecule has 0 radical (unpaired) electrons. The van der Waals surface area contributed by atoms with Crippen molar-refractivity contribution in [2.24, 2.45) is 5.16 Å². The lowest BCUT2D eigenvalue weighted by Crippen LogP contribution is -2.08. The molecule has 0 unspecified atom stereocenters. The van der Waals surface area contributed by atoms with E-state index in [1.807, 2.05) is 39.0 Å². The summed E-state index contributed by atoms with van der Waals surface area (Å²) in [4.78, 5) is 5.30. The van der Waals surface area contributed by atoms with Gasteiger partial charge in [0.05, 0.1) is 35.6 Å². The Hall–Kier alpha value is -2.71. The summed E-state index contributed by atoms with van der Waals surface area (Å²) in [5, 5.41) is 13.5. The molecule has 0 saturated heterocycles. The Balaban J connectivity index is 2.11. The third kappa shape index (κ3) is 5.40. The van der Waals surface area contributed by atoms with Crippen LogP contribution in [-0.2, 0) is 11.4 Å². The van der Waals surface area contributed by atoms with Crippen molar-refractivity contribution in [3.05, 3.63) is 58.1 Å². The molecule has 0 saturated carbocycles. The molecule has 0 aliphatic heterocycles. The summed E-state index contributed by atoms with van der Waals surface area (Å²) >= 11 is 6.32. The quantitative estimate of drug-likeness (QED) is 0.486. The van der Waals surface area contributed by atoms with E-state index in [1.165, 1.54) is 0 Å². The van der Waals surface area contributed by atoms with Crippen LogP contribution in [-0.4, -0.2) is 18.9 Å². The number of nitrogens with zero attached hydrogens (tertiary/aromatic N) is 2. The molecule has 2 rings (SSSR count). The Kier molecular flexibility index (Phi) is 7.31. The third-order valence-electron chi connectivity index (χ3n) is 3.32. The van der Waals surface area contributed by atoms with Crippen molar-refractivity contribution >= 4 is 17.8 Å². The number of oxime groups is 1. The van der Waals surface area contributed by atoms with Crippen LogP contribution in [0, 0.1) is 11.3 Å². The number of hydrogen-bond acceptors (Lipinski definition) is 5. The first-order valence-electron chi connectivity index (χ1n) is 8.31. The van der Waals surface area contributed by atoms with Crippen LogP contribution in [0.25, 0.3) is 0 Å². The predicted octanol–water partition coefficient (Wildman–Crippen LogP) is 4.95. The summed E-state index contributed by atoms with van der Waals surface area (Å²) in [7, 11) is 0. The molecule has 0 atom stereocenters. The van der Waals surface area contributed by atoms with Gasteiger partial charge in [0.2, 0.25) is 0 Å². The van der Waals surface area contributed by atoms with Gasteiger partial charge in [-0.1, -0.05) is 35.0 Å². The van der Waals surface area contributed by atoms with E-state index in [4.69, 9.17) is 31.2 Å². The lowest BCUT2D eigenvalue weighted by Gasteiger charge is -2.16. The topological polar surface area (TPSA) is 63.8 Å². The molecular weight excluding hydrogens is 352 g/mol. The molecule has 136 valence electrons. The number of rotatable bonds is 8. The zero-order valence-electron chi connectivity index (χ0n) is 15.0. The second kappa shape index (κ2) is 9.69. The molecule has 0 heterocycles. The van der Waals surface area contributed by atoms with Crippen LogP contribution < -0.4 is 9.47 Å². The summed E-state index contributed by atoms with van der Waals surface area (Å²) in [5.74, 6) is 1.08. The first kappa shape index (κ1) is 19.6. The molecule has 0 aliphatic rings. The Bertz CT molecular complexity index is 813. The fourth-order valence-electron chi connectivity index (χ4n) is 2.24. The van der Waals surface area contributed by atoms with Crippen molar-refractivity contribution in [2.45, 2.75) is 33.5 Å². The van der Waals surface area contributed by atoms with Gasteiger partial charge in [-0.05, 0) is 39.0 Å². The van der Waals surface area contributed by atoms with Gasteiger partial charge in [0.25, 0.3) is 0 Å². The maximum Gasteiger partial charge on any atom is 0.180 e. The minimum Gasteiger partial charge on any atom is -0.490 e. The second-order valence-corrected chi connectivity index (χ2v) is 6.11. The SMILES string of the molecule is CCOc1cc(/C=N\OCc2ccccc2C#N)cc(Cl)c1OC(C)C. The van der Waals surface area contributed by atoms with E-state index in [1.54, 1.807) is 24.4 Å². The third-order valence-corrected chi connectivity index (χ3v) is 3.60. The first-order valence-corrected chi connectivity index (χ1v) is 8.69. The number of halogens is 1. The van der Waals surface area contributed by atoms with Crippen LogP contribution >= 0.6 is 11.6 Å². The fourth-order valence-corrected chi connectivity index (χ4v) is 2.50. The molecule has 6 heteroatoms. The van der Waals surface area contributed by atoms with Gasteiger partial charge in [0.15, 0.2) is 11.5 Å². The molecule has 2 aromatic carbocycles. The van der Waals surface area contributed by atoms with E-state index >= 15 is 0 Å². The Morgan fingerprint density at radius 1 is 1.27 bits per heavy atom. The highest BCUT2D eigenvalue weighted by molar-refractivity contribution is 6.32. The normalized spacial score (nSPS) is 10.8. The summed E-state index contributed by atoms with van der Waals surface area (Å²) in [5.41, 5.74) is 2.07. The number of nitriles is 1. The second-order valence-electron chi connectivity index (χ2n) is 5.71. The van der Waals surface area contributed by atoms with E-state index in [2.05, 4.69) is 11.2 Å². The monoisotopic (exact) mass is 372 g/mol. The van der Waals surface area contributed by atoms with Crippen molar-refractivity contribution in [2.75, 3.05) is 6.61 Å². The van der Waals surface area contributed by atoms with Crippen LogP contribution in [0.2, 0.25) is 5.02 Å². The van der Waals surface area contributed by atoms with Crippen molar-refractivity contribution in [1.29, 1.82) is 5.26 Å². The molecule has 0 bridgehead atoms. The lowest BCUT2D eigenvalue weighted by molar-refractivity contribution is 0.132. The summed E-state index contributed by atoms with van der Waals surface area (Å²) in [6.07, 6.45) is 1.53. The highest BCUT2D eigenvalue weighted by atomic mass is 35.5. The molecule has 26 heavy (non-hydrogen) atoms. The fraction of sp³-hybridized carbons (Fsp3) is 0.300. The molecule has 0 amide bonds. The standard InChI is InChI=1S/C20H21ClN2O3/c1-4-24-19-10-15(9-18(21)20(19)26-14(2)3)12-23-25-13-17-8-6-5-7-16(17)11-22/h5-10,12,14H,4,13H2,1-3H3/b23-12-. The average Bonchev–Trinajstić information content (AvgIpc) is 2.62. The molecule has 0 aliphatic carbocycles. The summed E-state index contributed by atoms with van der Waals surface area (Å²) in [6.45, 7) is 6.44. The molecule has 2 aromatic rings. The van der Waals surface area contributed by atoms with E-state index in [-0.39, 0.29) is 12.7 Å². The molecular formula is C20H21ClN2O3. The van der Waals surface area contributed by atoms with E-state index < -0.39 is 0 Å². The maximum atomic E-state index is 9.07. The Labute approximate surface area is 158 Å². The van der Waals surface area contributed by atoms with E-state index in [0.717, 1.165) is 11.1 Å². The van der Waals surface area contributed by atoms with E-state index in [0.29, 0.717) is 28.7 Å². The number of ether oxygens (including phenoxy) is 2. The summed E-state index contributed by atoms with van der Waals surface area (Å²) in [6, 6.07) is 12.9.